The number of nitrogens with zero attached hydrogens (tertiary/aromatic N) is 3. The van der Waals surface area contributed by atoms with Gasteiger partial charge in [-0.1, -0.05) is 29.8 Å². The summed E-state index contributed by atoms with van der Waals surface area (Å²) in [5.41, 5.74) is 3.60. The van der Waals surface area contributed by atoms with Crippen LogP contribution >= 0.6 is 11.6 Å². The van der Waals surface area contributed by atoms with Crippen LogP contribution in [0.15, 0.2) is 84.9 Å². The molecule has 172 valence electrons. The Labute approximate surface area is 207 Å². The van der Waals surface area contributed by atoms with E-state index in [-0.39, 0.29) is 12.5 Å². The highest BCUT2D eigenvalue weighted by Gasteiger charge is 2.26. The number of hydrogen-bond donors (Lipinski definition) is 1. The fourth-order valence-electron chi connectivity index (χ4n) is 3.65. The summed E-state index contributed by atoms with van der Waals surface area (Å²) in [5.74, 6) is 1.49. The number of carbonyl (C=O) groups is 1. The Balaban J connectivity index is 1.32. The molecule has 2 heterocycles. The van der Waals surface area contributed by atoms with Gasteiger partial charge in [-0.15, -0.1) is 0 Å². The molecule has 0 aliphatic carbocycles. The lowest BCUT2D eigenvalue weighted by Gasteiger charge is -2.30. The molecule has 1 amide bonds. The predicted octanol–water partition coefficient (Wildman–Crippen LogP) is 6.07. The number of nitrogens with one attached hydrogen (secondary N) is 1. The summed E-state index contributed by atoms with van der Waals surface area (Å²) < 4.78 is 11.4. The summed E-state index contributed by atoms with van der Waals surface area (Å²) in [4.78, 5) is 18.5. The molecule has 0 saturated heterocycles. The van der Waals surface area contributed by atoms with Crippen molar-refractivity contribution in [3.63, 3.8) is 0 Å². The number of halogens is 1. The van der Waals surface area contributed by atoms with E-state index in [0.717, 1.165) is 16.9 Å². The molecule has 0 radical (unpaired) electrons. The van der Waals surface area contributed by atoms with Crippen molar-refractivity contribution in [1.29, 1.82) is 5.26 Å². The van der Waals surface area contributed by atoms with Gasteiger partial charge in [-0.05, 0) is 66.2 Å². The molecule has 7 nitrogen and oxygen atoms in total. The van der Waals surface area contributed by atoms with Crippen molar-refractivity contribution < 1.29 is 14.3 Å². The molecule has 35 heavy (non-hydrogen) atoms. The molecule has 1 aromatic heterocycles. The van der Waals surface area contributed by atoms with Crippen LogP contribution in [0.5, 0.6) is 17.4 Å². The first-order valence-corrected chi connectivity index (χ1v) is 11.2. The van der Waals surface area contributed by atoms with Gasteiger partial charge in [0.25, 0.3) is 5.91 Å². The highest BCUT2D eigenvalue weighted by Crippen LogP contribution is 2.36. The molecule has 4 aromatic rings. The van der Waals surface area contributed by atoms with E-state index in [1.54, 1.807) is 35.2 Å². The highest BCUT2D eigenvalue weighted by atomic mass is 35.5. The van der Waals surface area contributed by atoms with Crippen molar-refractivity contribution in [1.82, 2.24) is 4.98 Å². The van der Waals surface area contributed by atoms with Gasteiger partial charge in [0, 0.05) is 22.5 Å². The molecule has 8 heteroatoms. The van der Waals surface area contributed by atoms with Crippen LogP contribution in [0.3, 0.4) is 0 Å². The van der Waals surface area contributed by atoms with Crippen LogP contribution in [-0.2, 0) is 11.3 Å². The lowest BCUT2D eigenvalue weighted by atomic mass is 10.1. The Morgan fingerprint density at radius 3 is 2.57 bits per heavy atom. The molecule has 0 atom stereocenters. The minimum atomic E-state index is -0.111. The summed E-state index contributed by atoms with van der Waals surface area (Å²) in [7, 11) is 0. The minimum absolute atomic E-state index is 0.000951. The summed E-state index contributed by atoms with van der Waals surface area (Å²) >= 11 is 5.99. The molecule has 0 fully saturated rings. The number of benzene rings is 3. The van der Waals surface area contributed by atoms with Gasteiger partial charge < -0.3 is 19.7 Å². The Kier molecular flexibility index (Phi) is 6.20. The molecule has 1 aliphatic heterocycles. The Morgan fingerprint density at radius 2 is 1.80 bits per heavy atom. The molecule has 3 aromatic carbocycles. The number of hydrogen-bond acceptors (Lipinski definition) is 6. The van der Waals surface area contributed by atoms with Crippen LogP contribution in [0.4, 0.5) is 17.1 Å². The van der Waals surface area contributed by atoms with Gasteiger partial charge in [0.05, 0.1) is 12.2 Å². The fraction of sp³-hybridized carbons (Fsp3) is 0.0741. The Bertz CT molecular complexity index is 1420. The van der Waals surface area contributed by atoms with Gasteiger partial charge in [0.15, 0.2) is 6.61 Å². The van der Waals surface area contributed by atoms with E-state index in [0.29, 0.717) is 40.3 Å². The zero-order valence-corrected chi connectivity index (χ0v) is 19.2. The van der Waals surface area contributed by atoms with Crippen LogP contribution in [0.2, 0.25) is 5.02 Å². The summed E-state index contributed by atoms with van der Waals surface area (Å²) in [6.45, 7) is 0.420. The average molecular weight is 483 g/mol. The highest BCUT2D eigenvalue weighted by molar-refractivity contribution is 6.30. The van der Waals surface area contributed by atoms with Crippen LogP contribution in [0.1, 0.15) is 11.3 Å². The maximum atomic E-state index is 12.6. The van der Waals surface area contributed by atoms with Crippen LogP contribution < -0.4 is 19.7 Å². The maximum Gasteiger partial charge on any atom is 0.265 e. The zero-order chi connectivity index (χ0) is 24.2. The largest absolute Gasteiger partial charge is 0.482 e. The fourth-order valence-corrected chi connectivity index (χ4v) is 3.78. The van der Waals surface area contributed by atoms with E-state index in [4.69, 9.17) is 26.3 Å². The van der Waals surface area contributed by atoms with Crippen molar-refractivity contribution in [3.05, 3.63) is 101 Å². The number of pyridine rings is 1. The van der Waals surface area contributed by atoms with Gasteiger partial charge in [-0.2, -0.15) is 5.26 Å². The van der Waals surface area contributed by atoms with Crippen LogP contribution in [-0.4, -0.2) is 17.5 Å². The number of fused-ring (bicyclic) bond motifs is 1. The van der Waals surface area contributed by atoms with Gasteiger partial charge in [-0.3, -0.25) is 4.79 Å². The van der Waals surface area contributed by atoms with Crippen molar-refractivity contribution in [2.45, 2.75) is 6.54 Å². The van der Waals surface area contributed by atoms with Crippen LogP contribution in [0.25, 0.3) is 0 Å². The van der Waals surface area contributed by atoms with Crippen molar-refractivity contribution in [2.24, 2.45) is 0 Å². The first kappa shape index (κ1) is 22.3. The molecule has 0 bridgehead atoms. The standard InChI is InChI=1S/C27H19ClN4O3/c28-19-6-4-18(5-7-19)16-32-24-14-21(10-13-25(24)34-17-27(32)33)30-20-8-11-23(12-9-20)35-26-3-1-2-22(15-29)31-26/h1-14,30H,16-17H2. The predicted molar refractivity (Wildman–Crippen MR) is 133 cm³/mol. The second-order valence-corrected chi connectivity index (χ2v) is 8.24. The minimum Gasteiger partial charge on any atom is -0.482 e. The smallest absolute Gasteiger partial charge is 0.265 e. The number of ether oxygens (including phenoxy) is 2. The van der Waals surface area contributed by atoms with Gasteiger partial charge >= 0.3 is 0 Å². The van der Waals surface area contributed by atoms with Crippen molar-refractivity contribution >= 4 is 34.6 Å². The van der Waals surface area contributed by atoms with E-state index < -0.39 is 0 Å². The summed E-state index contributed by atoms with van der Waals surface area (Å²) in [6.07, 6.45) is 0. The second kappa shape index (κ2) is 9.75. The SMILES string of the molecule is N#Cc1cccc(Oc2ccc(Nc3ccc4c(c3)N(Cc3ccc(Cl)cc3)C(=O)CO4)cc2)n1. The first-order chi connectivity index (χ1) is 17.1. The molecule has 0 spiro atoms. The number of anilines is 3. The quantitative estimate of drug-likeness (QED) is 0.359. The third-order valence-corrected chi connectivity index (χ3v) is 5.61. The van der Waals surface area contributed by atoms with Gasteiger partial charge in [0.1, 0.15) is 23.3 Å². The molecule has 5 rings (SSSR count). The Morgan fingerprint density at radius 1 is 1.03 bits per heavy atom. The van der Waals surface area contributed by atoms with E-state index in [1.807, 2.05) is 60.7 Å². The number of rotatable bonds is 6. The number of carbonyl (C=O) groups excluding carboxylic acids is 1. The zero-order valence-electron chi connectivity index (χ0n) is 18.4. The first-order valence-electron chi connectivity index (χ1n) is 10.8. The number of aromatic nitrogens is 1. The third-order valence-electron chi connectivity index (χ3n) is 5.36. The molecular weight excluding hydrogens is 464 g/mol. The normalized spacial score (nSPS) is 12.3. The lowest BCUT2D eigenvalue weighted by Crippen LogP contribution is -2.38. The topological polar surface area (TPSA) is 87.5 Å². The number of amides is 1. The van der Waals surface area contributed by atoms with Crippen molar-refractivity contribution in [2.75, 3.05) is 16.8 Å². The second-order valence-electron chi connectivity index (χ2n) is 7.80. The van der Waals surface area contributed by atoms with E-state index in [2.05, 4.69) is 10.3 Å². The summed E-state index contributed by atoms with van der Waals surface area (Å²) in [5, 5.41) is 13.0. The molecular formula is C27H19ClN4O3. The summed E-state index contributed by atoms with van der Waals surface area (Å²) in [6, 6.07) is 27.5. The maximum absolute atomic E-state index is 12.6. The molecule has 0 unspecified atom stereocenters. The third kappa shape index (κ3) is 5.18. The monoisotopic (exact) mass is 482 g/mol. The van der Waals surface area contributed by atoms with Crippen LogP contribution in [0, 0.1) is 11.3 Å². The average Bonchev–Trinajstić information content (AvgIpc) is 2.88. The molecule has 0 saturated carbocycles. The molecule has 1 N–H and O–H groups in total. The van der Waals surface area contributed by atoms with Crippen molar-refractivity contribution in [3.8, 4) is 23.4 Å². The number of nitriles is 1. The van der Waals surface area contributed by atoms with E-state index in [1.165, 1.54) is 0 Å². The van der Waals surface area contributed by atoms with Gasteiger partial charge in [0.2, 0.25) is 5.88 Å². The molecule has 1 aliphatic rings. The Hall–Kier alpha value is -4.54. The lowest BCUT2D eigenvalue weighted by molar-refractivity contribution is -0.121. The van der Waals surface area contributed by atoms with E-state index in [9.17, 15) is 4.79 Å². The van der Waals surface area contributed by atoms with E-state index >= 15 is 0 Å². The van der Waals surface area contributed by atoms with Gasteiger partial charge in [-0.25, -0.2) is 4.98 Å².